The second-order valence-corrected chi connectivity index (χ2v) is 9.32. The molecular formula is C23H42N4O14Y2-2. The molecule has 2 heterocycles. The number of nitrogens with one attached hydrogen (secondary N) is 4. The number of hydrogen-bond donors (Lipinski definition) is 10. The van der Waals surface area contributed by atoms with Gasteiger partial charge in [0.1, 0.15) is 48.7 Å². The van der Waals surface area contributed by atoms with E-state index in [4.69, 9.17) is 31.2 Å². The van der Waals surface area contributed by atoms with Crippen molar-refractivity contribution in [3.63, 3.8) is 0 Å². The summed E-state index contributed by atoms with van der Waals surface area (Å²) in [7, 11) is 0. The summed E-state index contributed by atoms with van der Waals surface area (Å²) in [6, 6.07) is -2.19. The summed E-state index contributed by atoms with van der Waals surface area (Å²) in [6.07, 6.45) is -7.86. The molecule has 4 unspecified atom stereocenters. The number of carbonyl (C=O) groups is 4. The summed E-state index contributed by atoms with van der Waals surface area (Å²) in [5.41, 5.74) is 13.1. The van der Waals surface area contributed by atoms with Gasteiger partial charge in [0.05, 0.1) is 13.2 Å². The predicted octanol–water partition coefficient (Wildman–Crippen LogP) is -4.07. The Labute approximate surface area is 299 Å². The molecule has 2 saturated heterocycles. The quantitative estimate of drug-likeness (QED) is 0.0945. The van der Waals surface area contributed by atoms with Crippen LogP contribution in [0.5, 0.6) is 0 Å². The van der Waals surface area contributed by atoms with Gasteiger partial charge in [0.25, 0.3) is 0 Å². The van der Waals surface area contributed by atoms with Crippen LogP contribution in [0.15, 0.2) is 0 Å². The molecule has 12 N–H and O–H groups in total. The number of rotatable bonds is 10. The van der Waals surface area contributed by atoms with E-state index >= 15 is 0 Å². The molecule has 0 bridgehead atoms. The number of carbonyl (C=O) groups excluding carboxylic acids is 4. The van der Waals surface area contributed by atoms with E-state index in [1.54, 1.807) is 0 Å². The van der Waals surface area contributed by atoms with Crippen molar-refractivity contribution in [3.05, 3.63) is 11.5 Å². The smallest absolute Gasteiger partial charge is 0.217 e. The van der Waals surface area contributed by atoms with Gasteiger partial charge in [-0.1, -0.05) is 6.42 Å². The van der Waals surface area contributed by atoms with E-state index < -0.39 is 98.1 Å². The minimum absolute atomic E-state index is 0. The Kier molecular flexibility index (Phi) is 27.2. The average Bonchev–Trinajstić information content (AvgIpc) is 2.88. The molecule has 2 radical (unpaired) electrons. The summed E-state index contributed by atoms with van der Waals surface area (Å²) in [5.74, 6) is -2.03. The normalized spacial score (nSPS) is 31.2. The molecule has 0 aliphatic carbocycles. The SMILES string of the molecule is CC(=O)NC1[C@H](O)OC(CO)[C@H](O)[C@@H]1O.CC(=O)NC1[C@H](O)OC(CO)[C@H](O)[C@@H]1O.[NH-]C(=O)CCCCCC([NH-])=O.[Y].[Y]. The minimum atomic E-state index is -1.45. The van der Waals surface area contributed by atoms with Gasteiger partial charge in [-0.3, -0.25) is 9.59 Å². The Bertz CT molecular complexity index is 769. The van der Waals surface area contributed by atoms with Gasteiger partial charge < -0.3 is 82.0 Å². The third-order valence-electron chi connectivity index (χ3n) is 5.85. The molecule has 20 heteroatoms. The molecular weight excluding hydrogens is 734 g/mol. The van der Waals surface area contributed by atoms with Gasteiger partial charge in [-0.15, -0.1) is 0 Å². The standard InChI is InChI=1S/2C8H15NO6.C7H14N2O2.2Y/c2*1-3(11)9-5-7(13)6(12)4(2-10)15-8(5)14;8-6(10)4-2-1-3-5-7(9)11;;/h2*4-8,10,12-14H,2H2,1H3,(H,9,11);1-5H2,(H4,8,9,10,11);;/p-2/t2*4?,5?,6-,7+,8+;;;/m00.../s1. The number of amides is 4. The van der Waals surface area contributed by atoms with Crippen molar-refractivity contribution in [2.75, 3.05) is 13.2 Å². The number of hydrogen-bond acceptors (Lipinski definition) is 14. The van der Waals surface area contributed by atoms with E-state index in [1.165, 1.54) is 13.8 Å². The Hall–Kier alpha value is -0.312. The van der Waals surface area contributed by atoms with Crippen molar-refractivity contribution in [2.45, 2.75) is 107 Å². The maximum Gasteiger partial charge on any atom is 0.217 e. The monoisotopic (exact) mass is 776 g/mol. The van der Waals surface area contributed by atoms with Crippen LogP contribution in [0.2, 0.25) is 0 Å². The molecule has 0 aromatic carbocycles. The van der Waals surface area contributed by atoms with E-state index in [0.717, 1.165) is 6.42 Å². The maximum absolute atomic E-state index is 10.7. The van der Waals surface area contributed by atoms with Crippen molar-refractivity contribution in [1.29, 1.82) is 0 Å². The zero-order valence-corrected chi connectivity index (χ0v) is 29.6. The van der Waals surface area contributed by atoms with Gasteiger partial charge in [0, 0.05) is 91.1 Å². The molecule has 2 aliphatic heterocycles. The van der Waals surface area contributed by atoms with Crippen LogP contribution in [-0.4, -0.2) is 139 Å². The molecule has 2 aliphatic rings. The van der Waals surface area contributed by atoms with Gasteiger partial charge in [-0.05, 0) is 25.7 Å². The van der Waals surface area contributed by atoms with Crippen molar-refractivity contribution in [3.8, 4) is 0 Å². The summed E-state index contributed by atoms with van der Waals surface area (Å²) in [5, 5.41) is 78.8. The number of aliphatic hydroxyl groups is 8. The largest absolute Gasteiger partial charge is 0.668 e. The third-order valence-corrected chi connectivity index (χ3v) is 5.85. The predicted molar refractivity (Wildman–Crippen MR) is 137 cm³/mol. The molecule has 2 fully saturated rings. The van der Waals surface area contributed by atoms with Gasteiger partial charge in [-0.2, -0.15) is 0 Å². The summed E-state index contributed by atoms with van der Waals surface area (Å²) in [4.78, 5) is 41.7. The molecule has 0 saturated carbocycles. The molecule has 246 valence electrons. The summed E-state index contributed by atoms with van der Waals surface area (Å²) < 4.78 is 9.62. The van der Waals surface area contributed by atoms with E-state index in [2.05, 4.69) is 10.6 Å². The number of unbranched alkanes of at least 4 members (excludes halogenated alkanes) is 2. The van der Waals surface area contributed by atoms with Crippen LogP contribution in [0.3, 0.4) is 0 Å². The first-order chi connectivity index (χ1) is 19.1. The molecule has 43 heavy (non-hydrogen) atoms. The molecule has 10 atom stereocenters. The topological polar surface area (TPSA) is 320 Å². The first kappa shape index (κ1) is 47.1. The van der Waals surface area contributed by atoms with Crippen molar-refractivity contribution < 1.29 is 135 Å². The Balaban J connectivity index is -0.000000554. The fraction of sp³-hybridized carbons (Fsp3) is 0.826. The minimum Gasteiger partial charge on any atom is -0.668 e. The number of ether oxygens (including phenoxy) is 2. The van der Waals surface area contributed by atoms with E-state index in [-0.39, 0.29) is 78.3 Å². The maximum atomic E-state index is 10.7. The van der Waals surface area contributed by atoms with E-state index in [9.17, 15) is 49.8 Å². The van der Waals surface area contributed by atoms with Gasteiger partial charge in [-0.25, -0.2) is 0 Å². The van der Waals surface area contributed by atoms with Crippen LogP contribution >= 0.6 is 0 Å². The summed E-state index contributed by atoms with van der Waals surface area (Å²) in [6.45, 7) is 1.37. The van der Waals surface area contributed by atoms with Crippen molar-refractivity contribution >= 4 is 23.6 Å². The Morgan fingerprint density at radius 3 is 1.14 bits per heavy atom. The van der Waals surface area contributed by atoms with Crippen LogP contribution in [0.25, 0.3) is 11.5 Å². The third kappa shape index (κ3) is 18.4. The van der Waals surface area contributed by atoms with Gasteiger partial charge in [0.15, 0.2) is 12.6 Å². The molecule has 0 spiro atoms. The molecule has 2 rings (SSSR count). The second kappa shape index (κ2) is 24.9. The van der Waals surface area contributed by atoms with Crippen LogP contribution in [0, 0.1) is 0 Å². The fourth-order valence-corrected chi connectivity index (χ4v) is 3.72. The van der Waals surface area contributed by atoms with Crippen LogP contribution < -0.4 is 10.6 Å². The fourth-order valence-electron chi connectivity index (χ4n) is 3.72. The van der Waals surface area contributed by atoms with Crippen LogP contribution in [-0.2, 0) is 94.1 Å². The molecule has 4 amide bonds. The van der Waals surface area contributed by atoms with E-state index in [1.807, 2.05) is 0 Å². The van der Waals surface area contributed by atoms with Crippen LogP contribution in [0.1, 0.15) is 46.0 Å². The first-order valence-electron chi connectivity index (χ1n) is 12.7. The van der Waals surface area contributed by atoms with Crippen LogP contribution in [0.4, 0.5) is 0 Å². The molecule has 0 aromatic heterocycles. The van der Waals surface area contributed by atoms with Crippen molar-refractivity contribution in [2.24, 2.45) is 0 Å². The average molecular weight is 776 g/mol. The van der Waals surface area contributed by atoms with E-state index in [0.29, 0.717) is 12.8 Å². The first-order valence-corrected chi connectivity index (χ1v) is 12.7. The molecule has 18 nitrogen and oxygen atoms in total. The second-order valence-electron chi connectivity index (χ2n) is 9.32. The Morgan fingerprint density at radius 1 is 0.605 bits per heavy atom. The van der Waals surface area contributed by atoms with Gasteiger partial charge >= 0.3 is 0 Å². The number of aliphatic hydroxyl groups excluding tert-OH is 8. The van der Waals surface area contributed by atoms with Gasteiger partial charge in [0.2, 0.25) is 11.8 Å². The summed E-state index contributed by atoms with van der Waals surface area (Å²) >= 11 is 0. The zero-order chi connectivity index (χ0) is 31.9. The Morgan fingerprint density at radius 2 is 0.907 bits per heavy atom. The molecule has 0 aromatic rings. The van der Waals surface area contributed by atoms with Crippen molar-refractivity contribution in [1.82, 2.24) is 10.6 Å². The zero-order valence-electron chi connectivity index (χ0n) is 23.9.